The zero-order valence-electron chi connectivity index (χ0n) is 12.5. The monoisotopic (exact) mass is 319 g/mol. The number of carbonyl (C=O) groups is 1. The third-order valence-corrected chi connectivity index (χ3v) is 5.06. The normalized spacial score (nSPS) is 13.4. The molecule has 116 valence electrons. The van der Waals surface area contributed by atoms with Gasteiger partial charge < -0.3 is 4.90 Å². The molecule has 0 fully saturated rings. The quantitative estimate of drug-likeness (QED) is 0.849. The summed E-state index contributed by atoms with van der Waals surface area (Å²) < 4.78 is 25.9. The molecule has 2 rings (SSSR count). The van der Waals surface area contributed by atoms with E-state index in [2.05, 4.69) is 0 Å². The lowest BCUT2D eigenvalue weighted by molar-refractivity contribution is -0.117. The van der Waals surface area contributed by atoms with Gasteiger partial charge >= 0.3 is 0 Å². The Labute approximate surface area is 132 Å². The Morgan fingerprint density at radius 1 is 1.14 bits per heavy atom. The van der Waals surface area contributed by atoms with Crippen LogP contribution in [0.4, 0.5) is 10.1 Å². The second kappa shape index (κ2) is 7.31. The van der Waals surface area contributed by atoms with Crippen LogP contribution >= 0.6 is 0 Å². The first-order chi connectivity index (χ1) is 10.5. The van der Waals surface area contributed by atoms with E-state index < -0.39 is 21.9 Å². The van der Waals surface area contributed by atoms with E-state index in [1.54, 1.807) is 32.2 Å². The number of rotatable bonds is 5. The lowest BCUT2D eigenvalue weighted by Crippen LogP contribution is -2.37. The molecule has 0 saturated carbocycles. The van der Waals surface area contributed by atoms with Gasteiger partial charge in [0.25, 0.3) is 0 Å². The molecule has 0 saturated heterocycles. The van der Waals surface area contributed by atoms with Gasteiger partial charge in [-0.1, -0.05) is 36.4 Å². The summed E-state index contributed by atoms with van der Waals surface area (Å²) in [6, 6.07) is 15.3. The fourth-order valence-electron chi connectivity index (χ4n) is 2.06. The Morgan fingerprint density at radius 2 is 1.73 bits per heavy atom. The third kappa shape index (κ3) is 3.80. The smallest absolute Gasteiger partial charge is 0.242 e. The maximum atomic E-state index is 13.6. The molecule has 22 heavy (non-hydrogen) atoms. The highest BCUT2D eigenvalue weighted by Gasteiger charge is 2.24. The van der Waals surface area contributed by atoms with Crippen LogP contribution in [-0.4, -0.2) is 22.4 Å². The molecule has 0 aliphatic carbocycles. The molecule has 0 N–H and O–H groups in total. The van der Waals surface area contributed by atoms with Crippen molar-refractivity contribution in [2.45, 2.75) is 17.9 Å². The van der Waals surface area contributed by atoms with Gasteiger partial charge in [0.15, 0.2) is 0 Å². The van der Waals surface area contributed by atoms with Gasteiger partial charge in [0.1, 0.15) is 11.1 Å². The van der Waals surface area contributed by atoms with E-state index in [-0.39, 0.29) is 11.7 Å². The van der Waals surface area contributed by atoms with E-state index in [1.165, 1.54) is 11.0 Å². The summed E-state index contributed by atoms with van der Waals surface area (Å²) in [6.45, 7) is 1.61. The van der Waals surface area contributed by atoms with Crippen molar-refractivity contribution >= 4 is 22.4 Å². The van der Waals surface area contributed by atoms with Gasteiger partial charge in [0.05, 0.1) is 5.75 Å². The molecule has 5 heteroatoms. The standard InChI is InChI=1S/C17H18FNO2S/c1-13(17(20)19(2)15-9-4-3-5-10-15)22(21)12-14-8-6-7-11-16(14)18/h3-11,13H,12H2,1-2H3/t13-,22-/m0/s1. The highest BCUT2D eigenvalue weighted by molar-refractivity contribution is 7.85. The van der Waals surface area contributed by atoms with Crippen molar-refractivity contribution in [2.75, 3.05) is 11.9 Å². The molecule has 0 bridgehead atoms. The predicted molar refractivity (Wildman–Crippen MR) is 87.6 cm³/mol. The Balaban J connectivity index is 2.07. The number of benzene rings is 2. The van der Waals surface area contributed by atoms with Crippen LogP contribution in [0.25, 0.3) is 0 Å². The number of para-hydroxylation sites is 1. The molecule has 0 radical (unpaired) electrons. The van der Waals surface area contributed by atoms with E-state index in [4.69, 9.17) is 0 Å². The summed E-state index contributed by atoms with van der Waals surface area (Å²) in [5.41, 5.74) is 1.10. The maximum absolute atomic E-state index is 13.6. The van der Waals surface area contributed by atoms with E-state index >= 15 is 0 Å². The van der Waals surface area contributed by atoms with Crippen molar-refractivity contribution in [3.05, 3.63) is 66.0 Å². The first-order valence-corrected chi connectivity index (χ1v) is 8.32. The van der Waals surface area contributed by atoms with Gasteiger partial charge in [-0.15, -0.1) is 0 Å². The summed E-state index contributed by atoms with van der Waals surface area (Å²) in [7, 11) is 0.166. The Kier molecular flexibility index (Phi) is 5.44. The number of halogens is 1. The fraction of sp³-hybridized carbons (Fsp3) is 0.235. The third-order valence-electron chi connectivity index (χ3n) is 3.47. The number of carbonyl (C=O) groups excluding carboxylic acids is 1. The summed E-state index contributed by atoms with van der Waals surface area (Å²) >= 11 is 0. The molecule has 0 aliphatic rings. The van der Waals surface area contributed by atoms with Crippen molar-refractivity contribution < 1.29 is 13.4 Å². The fourth-order valence-corrected chi connectivity index (χ4v) is 3.23. The van der Waals surface area contributed by atoms with E-state index in [0.717, 1.165) is 5.69 Å². The molecule has 1 amide bonds. The second-order valence-electron chi connectivity index (χ2n) is 4.99. The lowest BCUT2D eigenvalue weighted by Gasteiger charge is -2.21. The number of nitrogens with zero attached hydrogens (tertiary/aromatic N) is 1. The first kappa shape index (κ1) is 16.4. The summed E-state index contributed by atoms with van der Waals surface area (Å²) in [5, 5.41) is -0.704. The van der Waals surface area contributed by atoms with Crippen LogP contribution in [0, 0.1) is 5.82 Å². The summed E-state index contributed by atoms with van der Waals surface area (Å²) in [5.74, 6) is -0.616. The van der Waals surface area contributed by atoms with E-state index in [0.29, 0.717) is 5.56 Å². The van der Waals surface area contributed by atoms with Gasteiger partial charge in [-0.2, -0.15) is 0 Å². The van der Waals surface area contributed by atoms with Crippen LogP contribution < -0.4 is 4.90 Å². The van der Waals surface area contributed by atoms with Crippen LogP contribution in [-0.2, 0) is 21.3 Å². The van der Waals surface area contributed by atoms with Gasteiger partial charge in [0, 0.05) is 29.1 Å². The van der Waals surface area contributed by atoms with Gasteiger partial charge in [-0.3, -0.25) is 9.00 Å². The number of hydrogen-bond donors (Lipinski definition) is 0. The van der Waals surface area contributed by atoms with Gasteiger partial charge in [-0.05, 0) is 25.1 Å². The number of hydrogen-bond acceptors (Lipinski definition) is 2. The molecule has 0 spiro atoms. The van der Waals surface area contributed by atoms with E-state index in [9.17, 15) is 13.4 Å². The average Bonchev–Trinajstić information content (AvgIpc) is 2.55. The van der Waals surface area contributed by atoms with Crippen LogP contribution in [0.5, 0.6) is 0 Å². The van der Waals surface area contributed by atoms with Crippen molar-refractivity contribution in [1.29, 1.82) is 0 Å². The molecule has 0 aliphatic heterocycles. The molecule has 2 aromatic rings. The van der Waals surface area contributed by atoms with Crippen LogP contribution in [0.2, 0.25) is 0 Å². The van der Waals surface area contributed by atoms with Crippen LogP contribution in [0.3, 0.4) is 0 Å². The predicted octanol–water partition coefficient (Wildman–Crippen LogP) is 3.13. The average molecular weight is 319 g/mol. The molecule has 2 aromatic carbocycles. The van der Waals surface area contributed by atoms with Crippen LogP contribution in [0.15, 0.2) is 54.6 Å². The highest BCUT2D eigenvalue weighted by atomic mass is 32.2. The zero-order chi connectivity index (χ0) is 16.1. The molecular weight excluding hydrogens is 301 g/mol. The molecule has 0 aromatic heterocycles. The van der Waals surface area contributed by atoms with Gasteiger partial charge in [0.2, 0.25) is 5.91 Å². The number of amides is 1. The number of anilines is 1. The minimum absolute atomic E-state index is 0.0300. The summed E-state index contributed by atoms with van der Waals surface area (Å²) in [6.07, 6.45) is 0. The molecule has 2 atom stereocenters. The van der Waals surface area contributed by atoms with Crippen molar-refractivity contribution in [3.63, 3.8) is 0 Å². The van der Waals surface area contributed by atoms with Gasteiger partial charge in [-0.25, -0.2) is 4.39 Å². The largest absolute Gasteiger partial charge is 0.314 e. The Hall–Kier alpha value is -2.01. The first-order valence-electron chi connectivity index (χ1n) is 6.94. The highest BCUT2D eigenvalue weighted by Crippen LogP contribution is 2.16. The molecule has 0 unspecified atom stereocenters. The SMILES string of the molecule is C[C@@H](C(=O)N(C)c1ccccc1)[S@@](=O)Cc1ccccc1F. The topological polar surface area (TPSA) is 37.4 Å². The van der Waals surface area contributed by atoms with Crippen molar-refractivity contribution in [1.82, 2.24) is 0 Å². The molecule has 3 nitrogen and oxygen atoms in total. The Bertz CT molecular complexity index is 675. The van der Waals surface area contributed by atoms with Crippen LogP contribution in [0.1, 0.15) is 12.5 Å². The van der Waals surface area contributed by atoms with Crippen molar-refractivity contribution in [2.24, 2.45) is 0 Å². The summed E-state index contributed by atoms with van der Waals surface area (Å²) in [4.78, 5) is 13.9. The molecular formula is C17H18FNO2S. The second-order valence-corrected chi connectivity index (χ2v) is 6.75. The minimum Gasteiger partial charge on any atom is -0.314 e. The minimum atomic E-state index is -1.48. The zero-order valence-corrected chi connectivity index (χ0v) is 13.3. The lowest BCUT2D eigenvalue weighted by atomic mass is 10.2. The maximum Gasteiger partial charge on any atom is 0.242 e. The van der Waals surface area contributed by atoms with E-state index in [1.807, 2.05) is 30.3 Å². The molecule has 0 heterocycles. The van der Waals surface area contributed by atoms with Crippen molar-refractivity contribution in [3.8, 4) is 0 Å². The Morgan fingerprint density at radius 3 is 2.36 bits per heavy atom.